The van der Waals surface area contributed by atoms with Crippen LogP contribution in [0.2, 0.25) is 0 Å². The fourth-order valence-electron chi connectivity index (χ4n) is 1.81. The average Bonchev–Trinajstić information content (AvgIpc) is 2.71. The van der Waals surface area contributed by atoms with Crippen LogP contribution in [0.4, 0.5) is 26.3 Å². The topological polar surface area (TPSA) is 9.23 Å². The molecule has 1 heterocycles. The van der Waals surface area contributed by atoms with Gasteiger partial charge in [0.1, 0.15) is 0 Å². The second-order valence-corrected chi connectivity index (χ2v) is 7.49. The molecule has 0 N–H and O–H groups in total. The van der Waals surface area contributed by atoms with Gasteiger partial charge in [-0.05, 0) is 0 Å². The van der Waals surface area contributed by atoms with Crippen LogP contribution in [0.5, 0.6) is 0 Å². The van der Waals surface area contributed by atoms with E-state index in [1.165, 1.54) is 12.1 Å². The Bertz CT molecular complexity index is 608. The molecule has 0 aliphatic carbocycles. The number of hydrogen-bond donors (Lipinski definition) is 0. The van der Waals surface area contributed by atoms with Gasteiger partial charge in [0.05, 0.1) is 0 Å². The molecule has 0 aromatic heterocycles. The summed E-state index contributed by atoms with van der Waals surface area (Å²) in [6.07, 6.45) is -10.1. The first kappa shape index (κ1) is 16.2. The molecular formula is C13H7F6IO. The molecule has 0 saturated carbocycles. The van der Waals surface area contributed by atoms with Crippen molar-refractivity contribution in [2.75, 3.05) is 0 Å². The third kappa shape index (κ3) is 2.42. The van der Waals surface area contributed by atoms with E-state index in [1.54, 1.807) is 0 Å². The van der Waals surface area contributed by atoms with E-state index < -0.39 is 43.8 Å². The van der Waals surface area contributed by atoms with Crippen LogP contribution >= 0.6 is 20.2 Å². The molecule has 8 heteroatoms. The van der Waals surface area contributed by atoms with Gasteiger partial charge in [-0.25, -0.2) is 0 Å². The van der Waals surface area contributed by atoms with E-state index in [0.29, 0.717) is 0 Å². The van der Waals surface area contributed by atoms with E-state index in [4.69, 9.17) is 0 Å². The number of hydrogen-bond acceptors (Lipinski definition) is 1. The van der Waals surface area contributed by atoms with E-state index in [1.807, 2.05) is 0 Å². The summed E-state index contributed by atoms with van der Waals surface area (Å²) in [5.74, 6) is 2.30. The molecule has 0 fully saturated rings. The first-order valence-corrected chi connectivity index (χ1v) is 8.43. The predicted octanol–water partition coefficient (Wildman–Crippen LogP) is 4.77. The van der Waals surface area contributed by atoms with Crippen molar-refractivity contribution in [3.8, 4) is 9.85 Å². The Morgan fingerprint density at radius 1 is 1.10 bits per heavy atom. The van der Waals surface area contributed by atoms with E-state index in [0.717, 1.165) is 18.2 Å². The zero-order valence-corrected chi connectivity index (χ0v) is 12.3. The summed E-state index contributed by atoms with van der Waals surface area (Å²) < 4.78 is 86.0. The van der Waals surface area contributed by atoms with Crippen molar-refractivity contribution in [2.24, 2.45) is 0 Å². The van der Waals surface area contributed by atoms with Crippen molar-refractivity contribution in [2.45, 2.75) is 18.0 Å². The monoisotopic (exact) mass is 420 g/mol. The fraction of sp³-hybridized carbons (Fsp3) is 0.231. The Hall–Kier alpha value is -1.21. The average molecular weight is 420 g/mol. The number of benzene rings is 1. The van der Waals surface area contributed by atoms with Gasteiger partial charge < -0.3 is 0 Å². The Morgan fingerprint density at radius 3 is 2.19 bits per heavy atom. The quantitative estimate of drug-likeness (QED) is 0.334. The van der Waals surface area contributed by atoms with Gasteiger partial charge in [-0.15, -0.1) is 0 Å². The maximum absolute atomic E-state index is 13.2. The number of rotatable bonds is 0. The van der Waals surface area contributed by atoms with Crippen molar-refractivity contribution in [3.63, 3.8) is 0 Å². The van der Waals surface area contributed by atoms with Crippen molar-refractivity contribution >= 4 is 20.2 Å². The summed E-state index contributed by atoms with van der Waals surface area (Å²) in [6, 6.07) is 4.49. The molecule has 1 aromatic rings. The molecule has 1 aliphatic heterocycles. The van der Waals surface area contributed by atoms with E-state index in [9.17, 15) is 26.3 Å². The van der Waals surface area contributed by atoms with Crippen LogP contribution in [-0.2, 0) is 8.67 Å². The summed E-state index contributed by atoms with van der Waals surface area (Å²) in [7, 11) is 0. The van der Waals surface area contributed by atoms with Gasteiger partial charge >= 0.3 is 123 Å². The zero-order valence-electron chi connectivity index (χ0n) is 10.1. The van der Waals surface area contributed by atoms with Crippen molar-refractivity contribution in [1.82, 2.24) is 0 Å². The second kappa shape index (κ2) is 5.21. The molecule has 0 radical (unpaired) electrons. The maximum atomic E-state index is 13.2. The molecule has 21 heavy (non-hydrogen) atoms. The summed E-state index contributed by atoms with van der Waals surface area (Å²) >= 11 is -3.39. The Balaban J connectivity index is 2.73. The van der Waals surface area contributed by atoms with Gasteiger partial charge in [0.25, 0.3) is 0 Å². The van der Waals surface area contributed by atoms with Crippen LogP contribution < -0.4 is 0 Å². The Morgan fingerprint density at radius 2 is 1.67 bits per heavy atom. The van der Waals surface area contributed by atoms with Gasteiger partial charge in [0.15, 0.2) is 0 Å². The number of alkyl halides is 6. The number of halogens is 7. The molecule has 0 bridgehead atoms. The third-order valence-electron chi connectivity index (χ3n) is 2.67. The molecule has 1 aromatic carbocycles. The molecule has 0 spiro atoms. The third-order valence-corrected chi connectivity index (χ3v) is 6.57. The van der Waals surface area contributed by atoms with Gasteiger partial charge in [-0.1, -0.05) is 0 Å². The SMILES string of the molecule is C=CC#CI1OC(C(F)(F)F)(C(F)(F)F)c2ccccc21. The summed E-state index contributed by atoms with van der Waals surface area (Å²) in [6.45, 7) is 3.26. The molecule has 0 unspecified atom stereocenters. The van der Waals surface area contributed by atoms with Crippen LogP contribution in [0.25, 0.3) is 0 Å². The van der Waals surface area contributed by atoms with Crippen LogP contribution in [-0.4, -0.2) is 12.4 Å². The normalized spacial score (nSPS) is 18.7. The molecule has 0 atom stereocenters. The fourth-order valence-corrected chi connectivity index (χ4v) is 5.97. The standard InChI is InChI=1S/C13H7F6IO/c1-2-3-8-20-10-7-5-4-6-9(10)11(21-20,12(14,15)16)13(17,18)19/h2,4-7H,1H2. The van der Waals surface area contributed by atoms with Gasteiger partial charge in [0.2, 0.25) is 0 Å². The van der Waals surface area contributed by atoms with E-state index in [-0.39, 0.29) is 3.57 Å². The van der Waals surface area contributed by atoms with Crippen LogP contribution in [0, 0.1) is 13.4 Å². The summed E-state index contributed by atoms with van der Waals surface area (Å²) in [5, 5.41) is 0. The molecular weight excluding hydrogens is 413 g/mol. The summed E-state index contributed by atoms with van der Waals surface area (Å²) in [5.41, 5.74) is -5.20. The van der Waals surface area contributed by atoms with E-state index in [2.05, 4.69) is 19.5 Å². The van der Waals surface area contributed by atoms with Gasteiger partial charge in [0, 0.05) is 0 Å². The first-order chi connectivity index (χ1) is 9.65. The van der Waals surface area contributed by atoms with Gasteiger partial charge in [-0.2, -0.15) is 0 Å². The molecule has 114 valence electrons. The van der Waals surface area contributed by atoms with Crippen molar-refractivity contribution in [3.05, 3.63) is 46.1 Å². The number of allylic oxidation sites excluding steroid dienone is 1. The van der Waals surface area contributed by atoms with Gasteiger partial charge in [-0.3, -0.25) is 0 Å². The van der Waals surface area contributed by atoms with Crippen molar-refractivity contribution < 1.29 is 29.4 Å². The predicted molar refractivity (Wildman–Crippen MR) is 72.0 cm³/mol. The minimum absolute atomic E-state index is 0.0919. The summed E-state index contributed by atoms with van der Waals surface area (Å²) in [4.78, 5) is 0. The van der Waals surface area contributed by atoms with E-state index >= 15 is 0 Å². The molecule has 0 amide bonds. The molecule has 2 rings (SSSR count). The van der Waals surface area contributed by atoms with Crippen LogP contribution in [0.15, 0.2) is 36.9 Å². The molecule has 1 nitrogen and oxygen atoms in total. The van der Waals surface area contributed by atoms with Crippen LogP contribution in [0.3, 0.4) is 0 Å². The Labute approximate surface area is 123 Å². The van der Waals surface area contributed by atoms with Crippen LogP contribution in [0.1, 0.15) is 5.56 Å². The minimum atomic E-state index is -5.62. The zero-order chi connectivity index (χ0) is 15.9. The number of fused-ring (bicyclic) bond motifs is 1. The second-order valence-electron chi connectivity index (χ2n) is 3.93. The first-order valence-electron chi connectivity index (χ1n) is 5.39. The molecule has 0 saturated heterocycles. The van der Waals surface area contributed by atoms with Crippen molar-refractivity contribution in [1.29, 1.82) is 0 Å². The Kier molecular flexibility index (Phi) is 4.01. The molecule has 1 aliphatic rings.